The molecule has 2 nitrogen and oxygen atoms in total. The van der Waals surface area contributed by atoms with Crippen molar-refractivity contribution < 1.29 is 4.79 Å². The number of rotatable bonds is 3. The Hall–Kier alpha value is -0.370. The van der Waals surface area contributed by atoms with E-state index in [-0.39, 0.29) is 0 Å². The molecule has 0 amide bonds. The summed E-state index contributed by atoms with van der Waals surface area (Å²) >= 11 is 0. The molecule has 2 fully saturated rings. The Kier molecular flexibility index (Phi) is 2.68. The number of carbonyl (C=O) groups excluding carboxylic acids is 1. The van der Waals surface area contributed by atoms with Gasteiger partial charge in [-0.15, -0.1) is 0 Å². The molecule has 0 unspecified atom stereocenters. The molecule has 0 bridgehead atoms. The van der Waals surface area contributed by atoms with Crippen LogP contribution in [0.5, 0.6) is 0 Å². The monoisotopic (exact) mass is 181 g/mol. The minimum Gasteiger partial charge on any atom is -0.300 e. The van der Waals surface area contributed by atoms with E-state index in [2.05, 4.69) is 11.8 Å². The van der Waals surface area contributed by atoms with Crippen LogP contribution in [0.3, 0.4) is 0 Å². The maximum Gasteiger partial charge on any atom is 0.133 e. The summed E-state index contributed by atoms with van der Waals surface area (Å²) in [6, 6.07) is 1.58. The number of ketones is 1. The quantitative estimate of drug-likeness (QED) is 0.663. The first-order valence-electron chi connectivity index (χ1n) is 5.58. The molecule has 0 aromatic rings. The van der Waals surface area contributed by atoms with Crippen LogP contribution >= 0.6 is 0 Å². The Morgan fingerprint density at radius 2 is 1.69 bits per heavy atom. The van der Waals surface area contributed by atoms with Crippen LogP contribution in [0.1, 0.15) is 45.4 Å². The smallest absolute Gasteiger partial charge is 0.133 e. The molecular weight excluding hydrogens is 162 g/mol. The summed E-state index contributed by atoms with van der Waals surface area (Å²) < 4.78 is 0. The van der Waals surface area contributed by atoms with Crippen molar-refractivity contribution in [1.29, 1.82) is 0 Å². The number of hydrogen-bond acceptors (Lipinski definition) is 2. The third-order valence-electron chi connectivity index (χ3n) is 3.36. The van der Waals surface area contributed by atoms with Crippen molar-refractivity contribution in [3.8, 4) is 0 Å². The third-order valence-corrected chi connectivity index (χ3v) is 3.36. The van der Waals surface area contributed by atoms with Gasteiger partial charge in [0.25, 0.3) is 0 Å². The van der Waals surface area contributed by atoms with E-state index in [4.69, 9.17) is 0 Å². The second-order valence-corrected chi connectivity index (χ2v) is 4.33. The van der Waals surface area contributed by atoms with Gasteiger partial charge in [0.2, 0.25) is 0 Å². The Bertz CT molecular complexity index is 188. The Balaban J connectivity index is 1.87. The highest BCUT2D eigenvalue weighted by molar-refractivity contribution is 5.79. The summed E-state index contributed by atoms with van der Waals surface area (Å²) in [5.74, 6) is 0.475. The van der Waals surface area contributed by atoms with E-state index in [1.807, 2.05) is 0 Å². The van der Waals surface area contributed by atoms with Gasteiger partial charge in [-0.25, -0.2) is 0 Å². The molecule has 2 rings (SSSR count). The molecule has 13 heavy (non-hydrogen) atoms. The first-order chi connectivity index (χ1) is 6.31. The second-order valence-electron chi connectivity index (χ2n) is 4.33. The third kappa shape index (κ3) is 2.11. The summed E-state index contributed by atoms with van der Waals surface area (Å²) in [6.45, 7) is 3.41. The molecule has 0 radical (unpaired) electrons. The fourth-order valence-electron chi connectivity index (χ4n) is 2.48. The largest absolute Gasteiger partial charge is 0.300 e. The molecule has 0 aromatic carbocycles. The normalized spacial score (nSPS) is 25.5. The molecular formula is C11H19NO. The van der Waals surface area contributed by atoms with Gasteiger partial charge in [-0.2, -0.15) is 0 Å². The zero-order valence-electron chi connectivity index (χ0n) is 8.46. The van der Waals surface area contributed by atoms with Crippen LogP contribution in [-0.2, 0) is 4.79 Å². The molecule has 0 spiro atoms. The molecule has 2 saturated carbocycles. The van der Waals surface area contributed by atoms with Gasteiger partial charge in [0.15, 0.2) is 0 Å². The van der Waals surface area contributed by atoms with Gasteiger partial charge in [-0.3, -0.25) is 9.69 Å². The predicted molar refractivity (Wildman–Crippen MR) is 52.7 cm³/mol. The lowest BCUT2D eigenvalue weighted by molar-refractivity contribution is -0.121. The number of Topliss-reactive ketones (excluding diaryl/α,β-unsaturated/α-hetero) is 1. The summed E-state index contributed by atoms with van der Waals surface area (Å²) in [5, 5.41) is 0. The van der Waals surface area contributed by atoms with Crippen molar-refractivity contribution in [3.05, 3.63) is 0 Å². The Morgan fingerprint density at radius 3 is 2.15 bits per heavy atom. The van der Waals surface area contributed by atoms with E-state index in [1.54, 1.807) is 0 Å². The Labute approximate surface area is 80.3 Å². The van der Waals surface area contributed by atoms with Gasteiger partial charge in [0.1, 0.15) is 5.78 Å². The van der Waals surface area contributed by atoms with Crippen LogP contribution in [0.4, 0.5) is 0 Å². The van der Waals surface area contributed by atoms with Gasteiger partial charge < -0.3 is 0 Å². The van der Waals surface area contributed by atoms with Crippen LogP contribution in [0, 0.1) is 0 Å². The average Bonchev–Trinajstić information content (AvgIpc) is 2.93. The minimum absolute atomic E-state index is 0.475. The van der Waals surface area contributed by atoms with Crippen LogP contribution in [-0.4, -0.2) is 29.3 Å². The van der Waals surface area contributed by atoms with Crippen LogP contribution < -0.4 is 0 Å². The zero-order valence-corrected chi connectivity index (χ0v) is 8.46. The summed E-state index contributed by atoms with van der Waals surface area (Å²) in [6.07, 6.45) is 6.66. The van der Waals surface area contributed by atoms with Gasteiger partial charge in [-0.1, -0.05) is 6.92 Å². The first kappa shape index (κ1) is 9.20. The lowest BCUT2D eigenvalue weighted by atomic mass is 9.93. The molecule has 2 aliphatic carbocycles. The molecule has 2 aliphatic rings. The summed E-state index contributed by atoms with van der Waals surface area (Å²) in [5.41, 5.74) is 0. The van der Waals surface area contributed by atoms with Crippen molar-refractivity contribution in [2.75, 3.05) is 6.54 Å². The molecule has 0 atom stereocenters. The lowest BCUT2D eigenvalue weighted by Gasteiger charge is -2.33. The molecule has 0 N–H and O–H groups in total. The molecule has 0 heterocycles. The highest BCUT2D eigenvalue weighted by Crippen LogP contribution is 2.32. The average molecular weight is 181 g/mol. The summed E-state index contributed by atoms with van der Waals surface area (Å²) in [7, 11) is 0. The maximum absolute atomic E-state index is 11.1. The maximum atomic E-state index is 11.1. The fourth-order valence-corrected chi connectivity index (χ4v) is 2.48. The van der Waals surface area contributed by atoms with Crippen molar-refractivity contribution in [2.45, 2.75) is 57.5 Å². The second kappa shape index (κ2) is 3.79. The van der Waals surface area contributed by atoms with E-state index in [9.17, 15) is 4.79 Å². The molecule has 0 aromatic heterocycles. The number of hydrogen-bond donors (Lipinski definition) is 0. The van der Waals surface area contributed by atoms with Gasteiger partial charge in [-0.05, 0) is 32.2 Å². The SMILES string of the molecule is CCN(C1CCC(=O)CC1)C1CC1. The minimum atomic E-state index is 0.475. The lowest BCUT2D eigenvalue weighted by Crippen LogP contribution is -2.39. The number of nitrogens with zero attached hydrogens (tertiary/aromatic N) is 1. The molecule has 0 aliphatic heterocycles. The predicted octanol–water partition coefficient (Wildman–Crippen LogP) is 1.98. The van der Waals surface area contributed by atoms with Crippen LogP contribution in [0.25, 0.3) is 0 Å². The summed E-state index contributed by atoms with van der Waals surface area (Å²) in [4.78, 5) is 13.7. The molecule has 0 saturated heterocycles. The van der Waals surface area contributed by atoms with Gasteiger partial charge in [0.05, 0.1) is 0 Å². The zero-order chi connectivity index (χ0) is 9.26. The van der Waals surface area contributed by atoms with E-state index in [0.717, 1.165) is 37.8 Å². The molecule has 2 heteroatoms. The van der Waals surface area contributed by atoms with Crippen LogP contribution in [0.2, 0.25) is 0 Å². The van der Waals surface area contributed by atoms with E-state index in [1.165, 1.54) is 19.4 Å². The van der Waals surface area contributed by atoms with Gasteiger partial charge in [0, 0.05) is 24.9 Å². The topological polar surface area (TPSA) is 20.3 Å². The highest BCUT2D eigenvalue weighted by Gasteiger charge is 2.34. The van der Waals surface area contributed by atoms with E-state index in [0.29, 0.717) is 5.78 Å². The van der Waals surface area contributed by atoms with Crippen molar-refractivity contribution >= 4 is 5.78 Å². The van der Waals surface area contributed by atoms with E-state index < -0.39 is 0 Å². The molecule has 74 valence electrons. The van der Waals surface area contributed by atoms with E-state index >= 15 is 0 Å². The van der Waals surface area contributed by atoms with Crippen LogP contribution in [0.15, 0.2) is 0 Å². The highest BCUT2D eigenvalue weighted by atomic mass is 16.1. The fraction of sp³-hybridized carbons (Fsp3) is 0.909. The van der Waals surface area contributed by atoms with Crippen molar-refractivity contribution in [2.24, 2.45) is 0 Å². The Morgan fingerprint density at radius 1 is 1.15 bits per heavy atom. The number of carbonyl (C=O) groups is 1. The van der Waals surface area contributed by atoms with Crippen molar-refractivity contribution in [3.63, 3.8) is 0 Å². The standard InChI is InChI=1S/C11H19NO/c1-2-12(9-3-4-9)10-5-7-11(13)8-6-10/h9-10H,2-8H2,1H3. The van der Waals surface area contributed by atoms with Gasteiger partial charge >= 0.3 is 0 Å². The van der Waals surface area contributed by atoms with Crippen molar-refractivity contribution in [1.82, 2.24) is 4.90 Å². The first-order valence-corrected chi connectivity index (χ1v) is 5.58.